The lowest BCUT2D eigenvalue weighted by molar-refractivity contribution is -0.146. The van der Waals surface area contributed by atoms with E-state index in [1.54, 1.807) is 0 Å². The van der Waals surface area contributed by atoms with Crippen molar-refractivity contribution in [3.05, 3.63) is 17.8 Å². The molecule has 0 atom stereocenters. The molecule has 1 fully saturated rings. The number of thioether (sulfide) groups is 1. The third-order valence-electron chi connectivity index (χ3n) is 4.22. The van der Waals surface area contributed by atoms with Gasteiger partial charge in [0.15, 0.2) is 6.61 Å². The van der Waals surface area contributed by atoms with Gasteiger partial charge in [0.1, 0.15) is 21.7 Å². The maximum Gasteiger partial charge on any atom is 0.316 e. The van der Waals surface area contributed by atoms with Crippen LogP contribution in [-0.2, 0) is 14.3 Å². The summed E-state index contributed by atoms with van der Waals surface area (Å²) in [5.74, 6) is -0.880. The van der Waals surface area contributed by atoms with E-state index in [9.17, 15) is 14.9 Å². The molecule has 1 amide bonds. The Morgan fingerprint density at radius 3 is 2.92 bits per heavy atom. The van der Waals surface area contributed by atoms with Gasteiger partial charge in [0.05, 0.1) is 11.8 Å². The molecule has 2 aromatic heterocycles. The van der Waals surface area contributed by atoms with Gasteiger partial charge in [-0.15, -0.1) is 11.3 Å². The first kappa shape index (κ1) is 18.6. The summed E-state index contributed by atoms with van der Waals surface area (Å²) < 4.78 is 5.03. The van der Waals surface area contributed by atoms with Gasteiger partial charge in [-0.1, -0.05) is 31.0 Å². The van der Waals surface area contributed by atoms with Crippen LogP contribution in [0.1, 0.15) is 32.1 Å². The number of aromatic nitrogens is 2. The van der Waals surface area contributed by atoms with E-state index >= 15 is 0 Å². The average Bonchev–Trinajstić information content (AvgIpc) is 3.15. The zero-order valence-corrected chi connectivity index (χ0v) is 15.7. The molecule has 3 rings (SSSR count). The number of carbonyl (C=O) groups excluding carboxylic acids is 2. The third-order valence-corrected chi connectivity index (χ3v) is 6.02. The van der Waals surface area contributed by atoms with Crippen molar-refractivity contribution in [2.45, 2.75) is 42.7 Å². The molecule has 2 heterocycles. The largest absolute Gasteiger partial charge is 0.455 e. The van der Waals surface area contributed by atoms with E-state index in [1.807, 2.05) is 11.4 Å². The second kappa shape index (κ2) is 8.47. The first-order chi connectivity index (χ1) is 12.6. The number of hydrogen-bond donors (Lipinski definition) is 1. The highest BCUT2D eigenvalue weighted by atomic mass is 32.2. The normalized spacial score (nSPS) is 16.0. The summed E-state index contributed by atoms with van der Waals surface area (Å²) in [4.78, 5) is 33.1. The Morgan fingerprint density at radius 2 is 2.15 bits per heavy atom. The van der Waals surface area contributed by atoms with Crippen LogP contribution in [0.3, 0.4) is 0 Å². The van der Waals surface area contributed by atoms with E-state index in [-0.39, 0.29) is 12.4 Å². The van der Waals surface area contributed by atoms with Crippen LogP contribution in [0, 0.1) is 11.3 Å². The van der Waals surface area contributed by atoms with E-state index in [0.29, 0.717) is 17.9 Å². The molecule has 26 heavy (non-hydrogen) atoms. The number of nitrogens with one attached hydrogen (secondary N) is 1. The summed E-state index contributed by atoms with van der Waals surface area (Å²) in [5.41, 5.74) is -0.817. The second-order valence-corrected chi connectivity index (χ2v) is 7.93. The van der Waals surface area contributed by atoms with Crippen molar-refractivity contribution >= 4 is 45.2 Å². The molecule has 0 spiro atoms. The van der Waals surface area contributed by atoms with Gasteiger partial charge in [-0.05, 0) is 24.3 Å². The Morgan fingerprint density at radius 1 is 1.35 bits per heavy atom. The lowest BCUT2D eigenvalue weighted by Gasteiger charge is -2.31. The van der Waals surface area contributed by atoms with E-state index in [1.165, 1.54) is 29.4 Å². The number of esters is 1. The molecule has 7 nitrogen and oxygen atoms in total. The van der Waals surface area contributed by atoms with Gasteiger partial charge in [-0.25, -0.2) is 9.97 Å². The maximum absolute atomic E-state index is 12.0. The molecule has 0 aliphatic heterocycles. The topological polar surface area (TPSA) is 105 Å². The van der Waals surface area contributed by atoms with Crippen LogP contribution >= 0.6 is 23.1 Å². The first-order valence-corrected chi connectivity index (χ1v) is 10.2. The molecule has 2 aromatic rings. The van der Waals surface area contributed by atoms with Gasteiger partial charge in [0.2, 0.25) is 0 Å². The van der Waals surface area contributed by atoms with Crippen LogP contribution in [-0.4, -0.2) is 39.7 Å². The molecule has 0 bridgehead atoms. The van der Waals surface area contributed by atoms with E-state index in [2.05, 4.69) is 21.4 Å². The third kappa shape index (κ3) is 4.51. The fourth-order valence-electron chi connectivity index (χ4n) is 2.92. The molecule has 1 aliphatic carbocycles. The van der Waals surface area contributed by atoms with E-state index in [4.69, 9.17) is 4.74 Å². The lowest BCUT2D eigenvalue weighted by Crippen LogP contribution is -2.50. The van der Waals surface area contributed by atoms with Gasteiger partial charge in [-0.3, -0.25) is 9.59 Å². The molecule has 9 heteroatoms. The van der Waals surface area contributed by atoms with Crippen LogP contribution in [0.4, 0.5) is 0 Å². The molecule has 0 saturated heterocycles. The van der Waals surface area contributed by atoms with Crippen LogP contribution in [0.25, 0.3) is 10.2 Å². The molecule has 1 N–H and O–H groups in total. The van der Waals surface area contributed by atoms with E-state index < -0.39 is 17.4 Å². The highest BCUT2D eigenvalue weighted by molar-refractivity contribution is 8.00. The predicted octanol–water partition coefficient (Wildman–Crippen LogP) is 2.67. The molecular formula is C17H18N4O3S2. The number of amides is 1. The molecule has 1 aliphatic rings. The van der Waals surface area contributed by atoms with Crippen molar-refractivity contribution in [1.29, 1.82) is 5.26 Å². The predicted molar refractivity (Wildman–Crippen MR) is 98.7 cm³/mol. The van der Waals surface area contributed by atoms with Gasteiger partial charge in [0, 0.05) is 5.39 Å². The molecule has 0 unspecified atom stereocenters. The fourth-order valence-corrected chi connectivity index (χ4v) is 4.50. The number of nitrogens with zero attached hydrogens (tertiary/aromatic N) is 3. The molecule has 1 saturated carbocycles. The summed E-state index contributed by atoms with van der Waals surface area (Å²) in [7, 11) is 0. The van der Waals surface area contributed by atoms with Crippen LogP contribution in [0.15, 0.2) is 22.8 Å². The number of nitriles is 1. The summed E-state index contributed by atoms with van der Waals surface area (Å²) in [6.07, 6.45) is 5.66. The SMILES string of the molecule is N#CC1(NC(=O)COC(=O)CSc2ncnc3sccc23)CCCCC1. The van der Waals surface area contributed by atoms with Crippen molar-refractivity contribution in [2.24, 2.45) is 0 Å². The smallest absolute Gasteiger partial charge is 0.316 e. The number of fused-ring (bicyclic) bond motifs is 1. The summed E-state index contributed by atoms with van der Waals surface area (Å²) in [5, 5.41) is 15.6. The van der Waals surface area contributed by atoms with Gasteiger partial charge in [0.25, 0.3) is 5.91 Å². The minimum atomic E-state index is -0.817. The minimum absolute atomic E-state index is 0.0542. The second-order valence-electron chi connectivity index (χ2n) is 6.07. The zero-order valence-electron chi connectivity index (χ0n) is 14.1. The maximum atomic E-state index is 12.0. The lowest BCUT2D eigenvalue weighted by atomic mass is 9.83. The first-order valence-electron chi connectivity index (χ1n) is 8.31. The summed E-state index contributed by atoms with van der Waals surface area (Å²) in [6.45, 7) is -0.375. The monoisotopic (exact) mass is 390 g/mol. The van der Waals surface area contributed by atoms with Crippen molar-refractivity contribution in [3.63, 3.8) is 0 Å². The van der Waals surface area contributed by atoms with E-state index in [0.717, 1.165) is 29.5 Å². The number of ether oxygens (including phenoxy) is 1. The fraction of sp³-hybridized carbons (Fsp3) is 0.471. The van der Waals surface area contributed by atoms with Crippen molar-refractivity contribution < 1.29 is 14.3 Å². The van der Waals surface area contributed by atoms with Crippen LogP contribution < -0.4 is 5.32 Å². The Kier molecular flexibility index (Phi) is 6.06. The van der Waals surface area contributed by atoms with Crippen molar-refractivity contribution in [3.8, 4) is 6.07 Å². The van der Waals surface area contributed by atoms with Crippen molar-refractivity contribution in [2.75, 3.05) is 12.4 Å². The zero-order chi connectivity index (χ0) is 18.4. The molecule has 0 radical (unpaired) electrons. The standard InChI is InChI=1S/C17H18N4O3S2/c18-10-17(5-2-1-3-6-17)21-13(22)8-24-14(23)9-26-16-12-4-7-25-15(12)19-11-20-16/h4,7,11H,1-3,5-6,8-9H2,(H,21,22). The molecule has 136 valence electrons. The highest BCUT2D eigenvalue weighted by Gasteiger charge is 2.33. The Hall–Kier alpha value is -2.18. The highest BCUT2D eigenvalue weighted by Crippen LogP contribution is 2.28. The van der Waals surface area contributed by atoms with Gasteiger partial charge < -0.3 is 10.1 Å². The van der Waals surface area contributed by atoms with Gasteiger partial charge in [-0.2, -0.15) is 5.26 Å². The summed E-state index contributed by atoms with van der Waals surface area (Å²) >= 11 is 2.76. The summed E-state index contributed by atoms with van der Waals surface area (Å²) in [6, 6.07) is 4.12. The number of hydrogen-bond acceptors (Lipinski definition) is 8. The number of thiophene rings is 1. The van der Waals surface area contributed by atoms with Crippen LogP contribution in [0.2, 0.25) is 0 Å². The molecular weight excluding hydrogens is 372 g/mol. The quantitative estimate of drug-likeness (QED) is 0.459. The Labute approximate surface area is 159 Å². The Balaban J connectivity index is 1.46. The minimum Gasteiger partial charge on any atom is -0.455 e. The Bertz CT molecular complexity index is 840. The number of carbonyl (C=O) groups is 2. The van der Waals surface area contributed by atoms with Crippen molar-refractivity contribution in [1.82, 2.24) is 15.3 Å². The average molecular weight is 390 g/mol. The van der Waals surface area contributed by atoms with Crippen LogP contribution in [0.5, 0.6) is 0 Å². The molecule has 0 aromatic carbocycles. The number of rotatable bonds is 6. The van der Waals surface area contributed by atoms with Gasteiger partial charge >= 0.3 is 5.97 Å².